The Morgan fingerprint density at radius 3 is 2.48 bits per heavy atom. The molecule has 0 amide bonds. The minimum Gasteiger partial charge on any atom is -0.395 e. The van der Waals surface area contributed by atoms with Gasteiger partial charge < -0.3 is 9.32 Å². The minimum absolute atomic E-state index is 0.0215. The highest BCUT2D eigenvalue weighted by Crippen LogP contribution is 2.29. The van der Waals surface area contributed by atoms with Crippen molar-refractivity contribution in [3.05, 3.63) is 57.8 Å². The van der Waals surface area contributed by atoms with Gasteiger partial charge in [-0.1, -0.05) is 30.3 Å². The molecule has 120 valence electrons. The van der Waals surface area contributed by atoms with Crippen LogP contribution in [0.5, 0.6) is 0 Å². The molecule has 1 aliphatic heterocycles. The number of nitro groups is 1. The molecule has 0 saturated carbocycles. The Hall–Kier alpha value is -2.67. The number of hydrogen-bond acceptors (Lipinski definition) is 6. The first-order chi connectivity index (χ1) is 11.2. The van der Waals surface area contributed by atoms with Gasteiger partial charge in [0.25, 0.3) is 0 Å². The average molecular weight is 315 g/mol. The van der Waals surface area contributed by atoms with Gasteiger partial charge >= 0.3 is 5.88 Å². The molecular weight excluding hydrogens is 298 g/mol. The van der Waals surface area contributed by atoms with Crippen LogP contribution >= 0.6 is 0 Å². The number of furan rings is 1. The van der Waals surface area contributed by atoms with Crippen LogP contribution in [0.1, 0.15) is 16.1 Å². The Morgan fingerprint density at radius 1 is 1.17 bits per heavy atom. The molecule has 7 heteroatoms. The highest BCUT2D eigenvalue weighted by Gasteiger charge is 2.25. The van der Waals surface area contributed by atoms with Crippen LogP contribution in [0.2, 0.25) is 0 Å². The van der Waals surface area contributed by atoms with Crippen molar-refractivity contribution in [2.24, 2.45) is 0 Å². The van der Waals surface area contributed by atoms with Crippen LogP contribution in [0.25, 0.3) is 0 Å². The monoisotopic (exact) mass is 315 g/mol. The predicted molar refractivity (Wildman–Crippen MR) is 84.7 cm³/mol. The number of carbonyl (C=O) groups is 1. The molecule has 23 heavy (non-hydrogen) atoms. The lowest BCUT2D eigenvalue weighted by Gasteiger charge is -2.35. The van der Waals surface area contributed by atoms with Crippen LogP contribution in [0, 0.1) is 10.1 Å². The molecule has 7 nitrogen and oxygen atoms in total. The van der Waals surface area contributed by atoms with Gasteiger partial charge in [0, 0.05) is 32.7 Å². The first-order valence-corrected chi connectivity index (χ1v) is 7.42. The molecule has 1 saturated heterocycles. The van der Waals surface area contributed by atoms with Crippen molar-refractivity contribution in [2.75, 3.05) is 31.1 Å². The van der Waals surface area contributed by atoms with Crippen LogP contribution in [-0.2, 0) is 6.54 Å². The normalized spacial score (nSPS) is 15.6. The Balaban J connectivity index is 1.65. The van der Waals surface area contributed by atoms with Gasteiger partial charge in [-0.25, -0.2) is 0 Å². The largest absolute Gasteiger partial charge is 0.435 e. The second-order valence-electron chi connectivity index (χ2n) is 5.46. The zero-order valence-corrected chi connectivity index (χ0v) is 12.6. The molecule has 0 bridgehead atoms. The van der Waals surface area contributed by atoms with Crippen LogP contribution in [0.15, 0.2) is 40.8 Å². The summed E-state index contributed by atoms with van der Waals surface area (Å²) in [6.07, 6.45) is 0.526. The van der Waals surface area contributed by atoms with Gasteiger partial charge in [0.2, 0.25) is 0 Å². The zero-order chi connectivity index (χ0) is 16.2. The van der Waals surface area contributed by atoms with Crippen LogP contribution < -0.4 is 4.90 Å². The third-order valence-electron chi connectivity index (χ3n) is 3.98. The summed E-state index contributed by atoms with van der Waals surface area (Å²) in [5.74, 6) is -0.373. The van der Waals surface area contributed by atoms with E-state index in [0.717, 1.165) is 19.6 Å². The molecule has 1 fully saturated rings. The molecule has 0 aliphatic carbocycles. The second kappa shape index (κ2) is 6.62. The van der Waals surface area contributed by atoms with Crippen LogP contribution in [-0.4, -0.2) is 42.3 Å². The molecule has 0 spiro atoms. The van der Waals surface area contributed by atoms with E-state index in [1.807, 2.05) is 23.1 Å². The van der Waals surface area contributed by atoms with Crippen molar-refractivity contribution < 1.29 is 14.1 Å². The summed E-state index contributed by atoms with van der Waals surface area (Å²) in [6, 6.07) is 11.6. The summed E-state index contributed by atoms with van der Waals surface area (Å²) in [5.41, 5.74) is 1.76. The SMILES string of the molecule is O=Cc1oc([N+](=O)[O-])cc1N1CCN(Cc2ccccc2)CC1. The van der Waals surface area contributed by atoms with Crippen molar-refractivity contribution in [1.82, 2.24) is 4.90 Å². The maximum Gasteiger partial charge on any atom is 0.435 e. The van der Waals surface area contributed by atoms with E-state index >= 15 is 0 Å². The van der Waals surface area contributed by atoms with E-state index in [0.29, 0.717) is 25.1 Å². The lowest BCUT2D eigenvalue weighted by Crippen LogP contribution is -2.46. The van der Waals surface area contributed by atoms with Crippen molar-refractivity contribution in [3.63, 3.8) is 0 Å². The maximum absolute atomic E-state index is 11.1. The number of rotatable bonds is 5. The molecule has 0 atom stereocenters. The molecule has 1 aliphatic rings. The van der Waals surface area contributed by atoms with Crippen molar-refractivity contribution in [3.8, 4) is 0 Å². The van der Waals surface area contributed by atoms with E-state index in [-0.39, 0.29) is 5.76 Å². The van der Waals surface area contributed by atoms with Crippen molar-refractivity contribution >= 4 is 17.9 Å². The highest BCUT2D eigenvalue weighted by atomic mass is 16.6. The zero-order valence-electron chi connectivity index (χ0n) is 12.6. The summed E-state index contributed by atoms with van der Waals surface area (Å²) in [4.78, 5) is 25.5. The third kappa shape index (κ3) is 3.40. The molecule has 0 N–H and O–H groups in total. The van der Waals surface area contributed by atoms with Gasteiger partial charge in [-0.2, -0.15) is 0 Å². The Morgan fingerprint density at radius 2 is 1.87 bits per heavy atom. The summed E-state index contributed by atoms with van der Waals surface area (Å²) < 4.78 is 4.98. The number of hydrogen-bond donors (Lipinski definition) is 0. The second-order valence-corrected chi connectivity index (χ2v) is 5.46. The van der Waals surface area contributed by atoms with E-state index in [2.05, 4.69) is 17.0 Å². The Kier molecular flexibility index (Phi) is 4.38. The molecule has 0 radical (unpaired) electrons. The standard InChI is InChI=1S/C16H17N3O4/c20-12-15-14(10-16(23-15)19(21)22)18-8-6-17(7-9-18)11-13-4-2-1-3-5-13/h1-5,10,12H,6-9,11H2. The fourth-order valence-corrected chi connectivity index (χ4v) is 2.79. The van der Waals surface area contributed by atoms with Gasteiger partial charge in [0.1, 0.15) is 4.92 Å². The predicted octanol–water partition coefficient (Wildman–Crippen LogP) is 2.32. The summed E-state index contributed by atoms with van der Waals surface area (Å²) in [5, 5.41) is 10.8. The van der Waals surface area contributed by atoms with E-state index in [1.165, 1.54) is 11.6 Å². The number of aldehydes is 1. The van der Waals surface area contributed by atoms with E-state index < -0.39 is 10.8 Å². The van der Waals surface area contributed by atoms with E-state index in [9.17, 15) is 14.9 Å². The van der Waals surface area contributed by atoms with Gasteiger partial charge in [0.15, 0.2) is 12.0 Å². The number of nitrogens with zero attached hydrogens (tertiary/aromatic N) is 3. The molecule has 2 aromatic rings. The average Bonchev–Trinajstić information content (AvgIpc) is 3.01. The molecule has 3 rings (SSSR count). The highest BCUT2D eigenvalue weighted by molar-refractivity contribution is 5.82. The van der Waals surface area contributed by atoms with Gasteiger partial charge in [-0.3, -0.25) is 19.8 Å². The topological polar surface area (TPSA) is 79.8 Å². The molecule has 0 unspecified atom stereocenters. The van der Waals surface area contributed by atoms with Crippen molar-refractivity contribution in [1.29, 1.82) is 0 Å². The van der Waals surface area contributed by atoms with Crippen molar-refractivity contribution in [2.45, 2.75) is 6.54 Å². The Labute approximate surface area is 133 Å². The summed E-state index contributed by atoms with van der Waals surface area (Å²) in [7, 11) is 0. The Bertz CT molecular complexity index is 691. The van der Waals surface area contributed by atoms with Gasteiger partial charge in [-0.05, 0) is 5.56 Å². The van der Waals surface area contributed by atoms with E-state index in [1.54, 1.807) is 0 Å². The number of anilines is 1. The molecule has 2 heterocycles. The van der Waals surface area contributed by atoms with Crippen LogP contribution in [0.3, 0.4) is 0 Å². The smallest absolute Gasteiger partial charge is 0.395 e. The first-order valence-electron chi connectivity index (χ1n) is 7.42. The lowest BCUT2D eigenvalue weighted by atomic mass is 10.2. The van der Waals surface area contributed by atoms with Gasteiger partial charge in [0.05, 0.1) is 11.8 Å². The molecular formula is C16H17N3O4. The number of piperazine rings is 1. The fourth-order valence-electron chi connectivity index (χ4n) is 2.79. The maximum atomic E-state index is 11.1. The summed E-state index contributed by atoms with van der Waals surface area (Å²) >= 11 is 0. The molecule has 1 aromatic carbocycles. The number of carbonyl (C=O) groups excluding carboxylic acids is 1. The van der Waals surface area contributed by atoms with Crippen LogP contribution in [0.4, 0.5) is 11.6 Å². The minimum atomic E-state index is -0.623. The van der Waals surface area contributed by atoms with E-state index in [4.69, 9.17) is 4.42 Å². The third-order valence-corrected chi connectivity index (χ3v) is 3.98. The fraction of sp³-hybridized carbons (Fsp3) is 0.312. The number of benzene rings is 1. The van der Waals surface area contributed by atoms with Gasteiger partial charge in [-0.15, -0.1) is 0 Å². The summed E-state index contributed by atoms with van der Waals surface area (Å²) in [6.45, 7) is 3.92. The first kappa shape index (κ1) is 15.2. The quantitative estimate of drug-likeness (QED) is 0.478. The lowest BCUT2D eigenvalue weighted by molar-refractivity contribution is -0.402. The molecule has 1 aromatic heterocycles.